The van der Waals surface area contributed by atoms with Crippen LogP contribution < -0.4 is 5.32 Å². The number of H-pyrrole nitrogens is 1. The number of fused-ring (bicyclic) bond motifs is 1. The zero-order chi connectivity index (χ0) is 17.2. The lowest BCUT2D eigenvalue weighted by Crippen LogP contribution is -2.41. The van der Waals surface area contributed by atoms with Crippen molar-refractivity contribution in [2.24, 2.45) is 0 Å². The molecule has 0 unspecified atom stereocenters. The summed E-state index contributed by atoms with van der Waals surface area (Å²) in [5.41, 5.74) is 3.42. The van der Waals surface area contributed by atoms with Crippen molar-refractivity contribution >= 4 is 39.8 Å². The molecule has 1 aromatic heterocycles. The summed E-state index contributed by atoms with van der Waals surface area (Å²) in [5, 5.41) is 13.1. The molecular weight excluding hydrogens is 355 g/mol. The molecule has 4 nitrogen and oxygen atoms in total. The molecule has 0 spiro atoms. The summed E-state index contributed by atoms with van der Waals surface area (Å²) >= 11 is 12.1. The van der Waals surface area contributed by atoms with Crippen LogP contribution in [0.5, 0.6) is 0 Å². The van der Waals surface area contributed by atoms with Gasteiger partial charge in [0.15, 0.2) is 0 Å². The minimum Gasteiger partial charge on any atom is -0.381 e. The summed E-state index contributed by atoms with van der Waals surface area (Å²) in [6.45, 7) is 3.03. The first-order valence-electron chi connectivity index (χ1n) is 8.53. The van der Waals surface area contributed by atoms with Gasteiger partial charge < -0.3 is 5.32 Å². The van der Waals surface area contributed by atoms with Gasteiger partial charge in [0, 0.05) is 30.2 Å². The van der Waals surface area contributed by atoms with E-state index in [0.717, 1.165) is 36.2 Å². The van der Waals surface area contributed by atoms with Crippen molar-refractivity contribution in [1.82, 2.24) is 15.1 Å². The van der Waals surface area contributed by atoms with Crippen molar-refractivity contribution in [1.29, 1.82) is 0 Å². The van der Waals surface area contributed by atoms with Gasteiger partial charge in [0.05, 0.1) is 21.8 Å². The fraction of sp³-hybridized carbons (Fsp3) is 0.316. The first kappa shape index (κ1) is 16.7. The average Bonchev–Trinajstić information content (AvgIpc) is 3.06. The molecule has 1 fully saturated rings. The topological polar surface area (TPSA) is 44.0 Å². The van der Waals surface area contributed by atoms with E-state index in [0.29, 0.717) is 16.1 Å². The normalized spacial score (nSPS) is 18.6. The second-order valence-corrected chi connectivity index (χ2v) is 7.45. The minimum atomic E-state index is 0.445. The van der Waals surface area contributed by atoms with Crippen LogP contribution in [0, 0.1) is 0 Å². The third-order valence-electron chi connectivity index (χ3n) is 4.71. The van der Waals surface area contributed by atoms with E-state index in [1.165, 1.54) is 18.4 Å². The van der Waals surface area contributed by atoms with Crippen LogP contribution in [0.1, 0.15) is 18.4 Å². The average molecular weight is 375 g/mol. The maximum atomic E-state index is 6.14. The van der Waals surface area contributed by atoms with Crippen molar-refractivity contribution < 1.29 is 0 Å². The van der Waals surface area contributed by atoms with Gasteiger partial charge >= 0.3 is 0 Å². The Labute approximate surface area is 157 Å². The molecule has 1 aliphatic rings. The Morgan fingerprint density at radius 3 is 2.96 bits per heavy atom. The molecule has 2 heterocycles. The number of anilines is 1. The van der Waals surface area contributed by atoms with E-state index in [-0.39, 0.29) is 0 Å². The molecule has 4 rings (SSSR count). The second-order valence-electron chi connectivity index (χ2n) is 6.64. The predicted octanol–water partition coefficient (Wildman–Crippen LogP) is 4.95. The molecule has 6 heteroatoms. The van der Waals surface area contributed by atoms with E-state index in [9.17, 15) is 0 Å². The van der Waals surface area contributed by atoms with Gasteiger partial charge in [0.1, 0.15) is 0 Å². The molecule has 1 aliphatic heterocycles. The number of benzene rings is 2. The van der Waals surface area contributed by atoms with E-state index >= 15 is 0 Å². The summed E-state index contributed by atoms with van der Waals surface area (Å²) < 4.78 is 0. The Morgan fingerprint density at radius 2 is 2.08 bits per heavy atom. The molecule has 3 aromatic rings. The zero-order valence-corrected chi connectivity index (χ0v) is 15.3. The van der Waals surface area contributed by atoms with Crippen LogP contribution in [-0.2, 0) is 6.54 Å². The number of hydrogen-bond acceptors (Lipinski definition) is 3. The van der Waals surface area contributed by atoms with Crippen molar-refractivity contribution in [3.05, 3.63) is 58.2 Å². The number of rotatable bonds is 4. The third kappa shape index (κ3) is 3.92. The Balaban J connectivity index is 1.40. The third-order valence-corrected chi connectivity index (χ3v) is 5.45. The molecular formula is C19H20Cl2N4. The van der Waals surface area contributed by atoms with Crippen molar-refractivity contribution in [2.75, 3.05) is 18.4 Å². The fourth-order valence-electron chi connectivity index (χ4n) is 3.48. The van der Waals surface area contributed by atoms with Gasteiger partial charge in [-0.05, 0) is 55.3 Å². The van der Waals surface area contributed by atoms with E-state index in [1.54, 1.807) is 0 Å². The highest BCUT2D eigenvalue weighted by Crippen LogP contribution is 2.25. The molecule has 130 valence electrons. The van der Waals surface area contributed by atoms with E-state index in [4.69, 9.17) is 23.2 Å². The van der Waals surface area contributed by atoms with E-state index < -0.39 is 0 Å². The number of likely N-dealkylation sites (tertiary alicyclic amines) is 1. The van der Waals surface area contributed by atoms with Crippen LogP contribution in [0.2, 0.25) is 10.0 Å². The summed E-state index contributed by atoms with van der Waals surface area (Å²) in [6, 6.07) is 12.7. The molecule has 2 N–H and O–H groups in total. The van der Waals surface area contributed by atoms with Gasteiger partial charge in [0.2, 0.25) is 0 Å². The Bertz CT molecular complexity index is 877. The number of nitrogens with one attached hydrogen (secondary N) is 2. The second kappa shape index (κ2) is 7.24. The largest absolute Gasteiger partial charge is 0.381 e. The Morgan fingerprint density at radius 1 is 1.16 bits per heavy atom. The lowest BCUT2D eigenvalue weighted by molar-refractivity contribution is 0.208. The highest BCUT2D eigenvalue weighted by atomic mass is 35.5. The number of aromatic amines is 1. The van der Waals surface area contributed by atoms with Crippen LogP contribution in [0.4, 0.5) is 5.69 Å². The van der Waals surface area contributed by atoms with E-state index in [2.05, 4.69) is 44.7 Å². The molecule has 1 atom stereocenters. The quantitative estimate of drug-likeness (QED) is 0.679. The van der Waals surface area contributed by atoms with Gasteiger partial charge in [-0.1, -0.05) is 29.3 Å². The molecule has 0 radical (unpaired) electrons. The van der Waals surface area contributed by atoms with Gasteiger partial charge in [-0.15, -0.1) is 0 Å². The van der Waals surface area contributed by atoms with Gasteiger partial charge in [-0.3, -0.25) is 10.00 Å². The Hall–Kier alpha value is -1.75. The number of aromatic nitrogens is 2. The molecule has 0 amide bonds. The lowest BCUT2D eigenvalue weighted by Gasteiger charge is -2.33. The van der Waals surface area contributed by atoms with Crippen LogP contribution in [0.15, 0.2) is 42.6 Å². The predicted molar refractivity (Wildman–Crippen MR) is 104 cm³/mol. The number of nitrogens with zero attached hydrogens (tertiary/aromatic N) is 2. The number of halogens is 2. The van der Waals surface area contributed by atoms with Crippen LogP contribution in [0.25, 0.3) is 10.9 Å². The van der Waals surface area contributed by atoms with Crippen molar-refractivity contribution in [3.8, 4) is 0 Å². The SMILES string of the molecule is Clc1ccc(CN2CCC[C@@H](Nc3ccc4[nH]ncc4c3)C2)cc1Cl. The van der Waals surface area contributed by atoms with Crippen molar-refractivity contribution in [3.63, 3.8) is 0 Å². The molecule has 0 aliphatic carbocycles. The zero-order valence-electron chi connectivity index (χ0n) is 13.8. The summed E-state index contributed by atoms with van der Waals surface area (Å²) in [7, 11) is 0. The summed E-state index contributed by atoms with van der Waals surface area (Å²) in [5.74, 6) is 0. The fourth-order valence-corrected chi connectivity index (χ4v) is 3.80. The lowest BCUT2D eigenvalue weighted by atomic mass is 10.0. The summed E-state index contributed by atoms with van der Waals surface area (Å²) in [4.78, 5) is 2.47. The highest BCUT2D eigenvalue weighted by molar-refractivity contribution is 6.42. The molecule has 0 bridgehead atoms. The van der Waals surface area contributed by atoms with Crippen LogP contribution >= 0.6 is 23.2 Å². The first-order valence-corrected chi connectivity index (χ1v) is 9.29. The van der Waals surface area contributed by atoms with Crippen LogP contribution in [-0.4, -0.2) is 34.2 Å². The minimum absolute atomic E-state index is 0.445. The number of hydrogen-bond donors (Lipinski definition) is 2. The molecule has 25 heavy (non-hydrogen) atoms. The highest BCUT2D eigenvalue weighted by Gasteiger charge is 2.20. The standard InChI is InChI=1S/C19H20Cl2N4/c20-17-5-3-13(8-18(17)21)11-25-7-1-2-16(12-25)23-15-4-6-19-14(9-15)10-22-24-19/h3-6,8-10,16,23H,1-2,7,11-12H2,(H,22,24)/t16-/m1/s1. The van der Waals surface area contributed by atoms with Gasteiger partial charge in [-0.2, -0.15) is 5.10 Å². The molecule has 2 aromatic carbocycles. The maximum absolute atomic E-state index is 6.14. The van der Waals surface area contributed by atoms with Gasteiger partial charge in [-0.25, -0.2) is 0 Å². The van der Waals surface area contributed by atoms with E-state index in [1.807, 2.05) is 18.3 Å². The summed E-state index contributed by atoms with van der Waals surface area (Å²) in [6.07, 6.45) is 4.23. The number of piperidine rings is 1. The Kier molecular flexibility index (Phi) is 4.84. The molecule has 1 saturated heterocycles. The monoisotopic (exact) mass is 374 g/mol. The van der Waals surface area contributed by atoms with Gasteiger partial charge in [0.25, 0.3) is 0 Å². The molecule has 0 saturated carbocycles. The maximum Gasteiger partial charge on any atom is 0.0651 e. The van der Waals surface area contributed by atoms with Crippen LogP contribution in [0.3, 0.4) is 0 Å². The van der Waals surface area contributed by atoms with Crippen molar-refractivity contribution in [2.45, 2.75) is 25.4 Å². The first-order chi connectivity index (χ1) is 12.2. The smallest absolute Gasteiger partial charge is 0.0651 e.